The molecule has 0 atom stereocenters. The highest BCUT2D eigenvalue weighted by Crippen LogP contribution is 2.15. The van der Waals surface area contributed by atoms with Crippen LogP contribution in [0.1, 0.15) is 22.9 Å². The zero-order valence-electron chi connectivity index (χ0n) is 15.0. The van der Waals surface area contributed by atoms with Crippen molar-refractivity contribution in [2.75, 3.05) is 6.54 Å². The van der Waals surface area contributed by atoms with Gasteiger partial charge in [-0.15, -0.1) is 11.3 Å². The van der Waals surface area contributed by atoms with Crippen LogP contribution in [0.5, 0.6) is 0 Å². The minimum Gasteiger partial charge on any atom is -0.334 e. The molecule has 0 fully saturated rings. The average Bonchev–Trinajstić information content (AvgIpc) is 3.16. The van der Waals surface area contributed by atoms with E-state index in [4.69, 9.17) is 0 Å². The number of thiophene rings is 1. The summed E-state index contributed by atoms with van der Waals surface area (Å²) in [6.07, 6.45) is 2.61. The molecule has 0 spiro atoms. The topological polar surface area (TPSA) is 20.3 Å². The monoisotopic (exact) mass is 361 g/mol. The van der Waals surface area contributed by atoms with Gasteiger partial charge in [0, 0.05) is 18.0 Å². The largest absolute Gasteiger partial charge is 0.334 e. The number of nitrogens with zero attached hydrogens (tertiary/aromatic N) is 1. The quantitative estimate of drug-likeness (QED) is 0.550. The lowest BCUT2D eigenvalue weighted by molar-refractivity contribution is -0.130. The molecule has 2 aromatic carbocycles. The maximum atomic E-state index is 12.9. The minimum atomic E-state index is 0.164. The lowest BCUT2D eigenvalue weighted by Crippen LogP contribution is -2.33. The third-order valence-electron chi connectivity index (χ3n) is 4.13. The lowest BCUT2D eigenvalue weighted by Gasteiger charge is -2.23. The maximum absolute atomic E-state index is 12.9. The lowest BCUT2D eigenvalue weighted by atomic mass is 10.1. The average molecular weight is 362 g/mol. The number of carbonyl (C=O) groups is 1. The first-order valence-corrected chi connectivity index (χ1v) is 9.65. The molecular formula is C23H23NOS. The summed E-state index contributed by atoms with van der Waals surface area (Å²) in [5, 5.41) is 2.02. The van der Waals surface area contributed by atoms with Crippen LogP contribution >= 0.6 is 11.3 Å². The van der Waals surface area contributed by atoms with Crippen molar-refractivity contribution in [1.82, 2.24) is 4.90 Å². The van der Waals surface area contributed by atoms with Crippen LogP contribution in [0.3, 0.4) is 0 Å². The Morgan fingerprint density at radius 3 is 2.31 bits per heavy atom. The molecule has 1 heterocycles. The van der Waals surface area contributed by atoms with Gasteiger partial charge in [0.1, 0.15) is 0 Å². The zero-order valence-corrected chi connectivity index (χ0v) is 15.8. The summed E-state index contributed by atoms with van der Waals surface area (Å²) >= 11 is 1.63. The summed E-state index contributed by atoms with van der Waals surface area (Å²) in [5.41, 5.74) is 3.49. The molecule has 0 N–H and O–H groups in total. The maximum Gasteiger partial charge on any atom is 0.228 e. The summed E-state index contributed by atoms with van der Waals surface area (Å²) in [4.78, 5) is 16.0. The molecule has 3 aromatic rings. The normalized spacial score (nSPS) is 11.3. The predicted octanol–water partition coefficient (Wildman–Crippen LogP) is 5.42. The van der Waals surface area contributed by atoms with E-state index in [2.05, 4.69) is 37.3 Å². The number of hydrogen-bond donors (Lipinski definition) is 0. The molecule has 0 unspecified atom stereocenters. The molecule has 0 radical (unpaired) electrons. The van der Waals surface area contributed by atoms with Gasteiger partial charge in [0.2, 0.25) is 5.91 Å². The van der Waals surface area contributed by atoms with Gasteiger partial charge in [-0.25, -0.2) is 0 Å². The minimum absolute atomic E-state index is 0.164. The van der Waals surface area contributed by atoms with Crippen LogP contribution in [-0.4, -0.2) is 17.4 Å². The Bertz CT molecular complexity index is 838. The van der Waals surface area contributed by atoms with Crippen molar-refractivity contribution in [2.24, 2.45) is 0 Å². The molecule has 0 aliphatic heterocycles. The summed E-state index contributed by atoms with van der Waals surface area (Å²) in [6, 6.07) is 24.4. The van der Waals surface area contributed by atoms with Crippen molar-refractivity contribution in [3.8, 4) is 0 Å². The smallest absolute Gasteiger partial charge is 0.228 e. The van der Waals surface area contributed by atoms with Gasteiger partial charge in [0.05, 0.1) is 6.42 Å². The second kappa shape index (κ2) is 9.16. The molecule has 0 aliphatic rings. The van der Waals surface area contributed by atoms with Gasteiger partial charge in [0.25, 0.3) is 0 Å². The Hall–Kier alpha value is -2.65. The fraction of sp³-hybridized carbons (Fsp3) is 0.174. The van der Waals surface area contributed by atoms with Crippen molar-refractivity contribution in [2.45, 2.75) is 19.9 Å². The molecule has 3 rings (SSSR count). The van der Waals surface area contributed by atoms with E-state index in [9.17, 15) is 4.79 Å². The van der Waals surface area contributed by atoms with Gasteiger partial charge in [0.15, 0.2) is 0 Å². The van der Waals surface area contributed by atoms with E-state index in [0.717, 1.165) is 16.0 Å². The number of amides is 1. The number of rotatable bonds is 7. The van der Waals surface area contributed by atoms with E-state index in [0.29, 0.717) is 19.5 Å². The van der Waals surface area contributed by atoms with Crippen molar-refractivity contribution in [1.29, 1.82) is 0 Å². The Labute approximate surface area is 159 Å². The van der Waals surface area contributed by atoms with Gasteiger partial charge in [-0.1, -0.05) is 78.4 Å². The molecule has 0 aliphatic carbocycles. The molecule has 0 bridgehead atoms. The van der Waals surface area contributed by atoms with Gasteiger partial charge >= 0.3 is 0 Å². The standard InChI is InChI=1S/C23H23NOS/c1-19(15-20-9-4-2-5-10-20)17-24(18-21-11-6-3-7-12-21)23(25)16-22-13-8-14-26-22/h2-15H,16-18H2,1H3/b19-15+. The Morgan fingerprint density at radius 2 is 1.65 bits per heavy atom. The summed E-state index contributed by atoms with van der Waals surface area (Å²) in [5.74, 6) is 0.164. The van der Waals surface area contributed by atoms with Gasteiger partial charge in [-0.3, -0.25) is 4.79 Å². The Morgan fingerprint density at radius 1 is 0.962 bits per heavy atom. The molecule has 26 heavy (non-hydrogen) atoms. The molecule has 1 amide bonds. The van der Waals surface area contributed by atoms with Crippen LogP contribution in [0.2, 0.25) is 0 Å². The van der Waals surface area contributed by atoms with Crippen LogP contribution in [-0.2, 0) is 17.8 Å². The molecular weight excluding hydrogens is 338 g/mol. The summed E-state index contributed by atoms with van der Waals surface area (Å²) < 4.78 is 0. The first kappa shape index (κ1) is 18.2. The van der Waals surface area contributed by atoms with Crippen LogP contribution < -0.4 is 0 Å². The molecule has 1 aromatic heterocycles. The summed E-state index contributed by atoms with van der Waals surface area (Å²) in [6.45, 7) is 3.35. The Kier molecular flexibility index (Phi) is 6.39. The highest BCUT2D eigenvalue weighted by molar-refractivity contribution is 7.10. The first-order valence-electron chi connectivity index (χ1n) is 8.77. The van der Waals surface area contributed by atoms with Crippen LogP contribution in [0, 0.1) is 0 Å². The fourth-order valence-electron chi connectivity index (χ4n) is 2.89. The predicted molar refractivity (Wildman–Crippen MR) is 110 cm³/mol. The highest BCUT2D eigenvalue weighted by atomic mass is 32.1. The van der Waals surface area contributed by atoms with Crippen LogP contribution in [0.25, 0.3) is 6.08 Å². The van der Waals surface area contributed by atoms with E-state index < -0.39 is 0 Å². The van der Waals surface area contributed by atoms with Crippen molar-refractivity contribution < 1.29 is 4.79 Å². The SMILES string of the molecule is C/C(=C\c1ccccc1)CN(Cc1ccccc1)C(=O)Cc1cccs1. The van der Waals surface area contributed by atoms with Crippen molar-refractivity contribution >= 4 is 23.3 Å². The first-order chi connectivity index (χ1) is 12.7. The zero-order chi connectivity index (χ0) is 18.2. The number of benzene rings is 2. The molecule has 0 saturated heterocycles. The number of carbonyl (C=O) groups excluding carboxylic acids is 1. The van der Waals surface area contributed by atoms with Gasteiger partial charge < -0.3 is 4.90 Å². The number of hydrogen-bond acceptors (Lipinski definition) is 2. The van der Waals surface area contributed by atoms with E-state index in [-0.39, 0.29) is 5.91 Å². The fourth-order valence-corrected chi connectivity index (χ4v) is 3.59. The third-order valence-corrected chi connectivity index (χ3v) is 5.00. The third kappa shape index (κ3) is 5.43. The van der Waals surface area contributed by atoms with Gasteiger partial charge in [-0.05, 0) is 29.5 Å². The van der Waals surface area contributed by atoms with E-state index in [1.165, 1.54) is 5.57 Å². The molecule has 0 saturated carbocycles. The second-order valence-electron chi connectivity index (χ2n) is 6.39. The van der Waals surface area contributed by atoms with Gasteiger partial charge in [-0.2, -0.15) is 0 Å². The van der Waals surface area contributed by atoms with E-state index in [1.54, 1.807) is 11.3 Å². The van der Waals surface area contributed by atoms with Crippen molar-refractivity contribution in [3.05, 3.63) is 99.8 Å². The van der Waals surface area contributed by atoms with Crippen molar-refractivity contribution in [3.63, 3.8) is 0 Å². The highest BCUT2D eigenvalue weighted by Gasteiger charge is 2.15. The molecule has 2 nitrogen and oxygen atoms in total. The molecule has 3 heteroatoms. The van der Waals surface area contributed by atoms with E-state index >= 15 is 0 Å². The van der Waals surface area contributed by atoms with Crippen LogP contribution in [0.15, 0.2) is 83.7 Å². The van der Waals surface area contributed by atoms with Crippen LogP contribution in [0.4, 0.5) is 0 Å². The summed E-state index contributed by atoms with van der Waals surface area (Å²) in [7, 11) is 0. The Balaban J connectivity index is 1.75. The van der Waals surface area contributed by atoms with E-state index in [1.807, 2.05) is 58.8 Å². The second-order valence-corrected chi connectivity index (χ2v) is 7.43. The molecule has 132 valence electrons.